The van der Waals surface area contributed by atoms with Crippen molar-refractivity contribution in [3.63, 3.8) is 0 Å². The highest BCUT2D eigenvalue weighted by molar-refractivity contribution is 6.30. The quantitative estimate of drug-likeness (QED) is 0.646. The van der Waals surface area contributed by atoms with Crippen molar-refractivity contribution in [2.24, 2.45) is 0 Å². The summed E-state index contributed by atoms with van der Waals surface area (Å²) in [5.41, 5.74) is 0. The maximum absolute atomic E-state index is 12.2. The molecule has 0 unspecified atom stereocenters. The fourth-order valence-corrected chi connectivity index (χ4v) is 1.78. The monoisotopic (exact) mass is 329 g/mol. The minimum atomic E-state index is -0.367. The molecule has 6 nitrogen and oxygen atoms in total. The molecular weight excluding hydrogens is 310 g/mol. The van der Waals surface area contributed by atoms with E-state index in [4.69, 9.17) is 21.1 Å². The Morgan fingerprint density at radius 3 is 2.41 bits per heavy atom. The zero-order chi connectivity index (χ0) is 16.4. The van der Waals surface area contributed by atoms with Crippen LogP contribution in [0.3, 0.4) is 0 Å². The van der Waals surface area contributed by atoms with Gasteiger partial charge in [0.25, 0.3) is 5.91 Å². The van der Waals surface area contributed by atoms with Crippen molar-refractivity contribution in [3.05, 3.63) is 29.3 Å². The van der Waals surface area contributed by atoms with E-state index in [0.29, 0.717) is 23.9 Å². The van der Waals surface area contributed by atoms with Crippen molar-refractivity contribution in [2.75, 3.05) is 40.5 Å². The Labute approximate surface area is 134 Å². The van der Waals surface area contributed by atoms with Gasteiger partial charge in [-0.15, -0.1) is 0 Å². The first kappa shape index (κ1) is 18.3. The van der Waals surface area contributed by atoms with Crippen LogP contribution in [-0.2, 0) is 19.1 Å². The Kier molecular flexibility index (Phi) is 8.32. The summed E-state index contributed by atoms with van der Waals surface area (Å²) in [5.74, 6) is -0.0397. The third-order valence-electron chi connectivity index (χ3n) is 2.91. The van der Waals surface area contributed by atoms with Crippen LogP contribution in [0.5, 0.6) is 5.75 Å². The maximum Gasteiger partial charge on any atom is 0.307 e. The molecule has 122 valence electrons. The highest BCUT2D eigenvalue weighted by Crippen LogP contribution is 2.15. The summed E-state index contributed by atoms with van der Waals surface area (Å²) in [5, 5.41) is 0.596. The Balaban J connectivity index is 2.50. The molecule has 0 aromatic heterocycles. The summed E-state index contributed by atoms with van der Waals surface area (Å²) in [4.78, 5) is 24.9. The summed E-state index contributed by atoms with van der Waals surface area (Å²) in [6, 6.07) is 6.73. The predicted molar refractivity (Wildman–Crippen MR) is 82.0 cm³/mol. The lowest BCUT2D eigenvalue weighted by molar-refractivity contribution is -0.142. The fraction of sp³-hybridized carbons (Fsp3) is 0.467. The van der Waals surface area contributed by atoms with Crippen LogP contribution in [0, 0.1) is 0 Å². The molecule has 0 heterocycles. The van der Waals surface area contributed by atoms with Crippen LogP contribution in [0.25, 0.3) is 0 Å². The molecule has 0 radical (unpaired) electrons. The number of rotatable bonds is 9. The molecule has 1 aromatic rings. The van der Waals surface area contributed by atoms with Crippen molar-refractivity contribution in [1.82, 2.24) is 4.90 Å². The van der Waals surface area contributed by atoms with E-state index in [-0.39, 0.29) is 31.4 Å². The van der Waals surface area contributed by atoms with Crippen LogP contribution in [-0.4, -0.2) is 57.3 Å². The Morgan fingerprint density at radius 1 is 1.14 bits per heavy atom. The van der Waals surface area contributed by atoms with Gasteiger partial charge in [-0.2, -0.15) is 0 Å². The van der Waals surface area contributed by atoms with Gasteiger partial charge in [-0.1, -0.05) is 11.6 Å². The summed E-state index contributed by atoms with van der Waals surface area (Å²) in [6.45, 7) is 0.912. The topological polar surface area (TPSA) is 65.1 Å². The highest BCUT2D eigenvalue weighted by atomic mass is 35.5. The number of benzene rings is 1. The maximum atomic E-state index is 12.2. The van der Waals surface area contributed by atoms with E-state index < -0.39 is 0 Å². The van der Waals surface area contributed by atoms with Crippen LogP contribution in [0.1, 0.15) is 6.42 Å². The van der Waals surface area contributed by atoms with Crippen LogP contribution in [0.15, 0.2) is 24.3 Å². The lowest BCUT2D eigenvalue weighted by Gasteiger charge is -2.22. The number of amides is 1. The molecule has 7 heteroatoms. The molecular formula is C15H20ClNO5. The third-order valence-corrected chi connectivity index (χ3v) is 3.16. The van der Waals surface area contributed by atoms with Crippen LogP contribution in [0.2, 0.25) is 5.02 Å². The first-order chi connectivity index (χ1) is 10.6. The largest absolute Gasteiger partial charge is 0.484 e. The van der Waals surface area contributed by atoms with Gasteiger partial charge in [0.1, 0.15) is 5.75 Å². The van der Waals surface area contributed by atoms with Crippen LogP contribution in [0.4, 0.5) is 0 Å². The first-order valence-corrected chi connectivity index (χ1v) is 7.16. The molecule has 1 amide bonds. The normalized spacial score (nSPS) is 10.1. The molecule has 0 spiro atoms. The SMILES string of the molecule is COCCN(CCC(=O)OC)C(=O)COc1ccc(Cl)cc1. The van der Waals surface area contributed by atoms with E-state index in [1.165, 1.54) is 12.0 Å². The second-order valence-corrected chi connectivity index (χ2v) is 4.88. The molecule has 1 rings (SSSR count). The molecule has 0 N–H and O–H groups in total. The third kappa shape index (κ3) is 6.78. The first-order valence-electron chi connectivity index (χ1n) is 6.78. The number of carbonyl (C=O) groups is 2. The van der Waals surface area contributed by atoms with E-state index in [1.54, 1.807) is 31.4 Å². The molecule has 0 bridgehead atoms. The van der Waals surface area contributed by atoms with E-state index in [1.807, 2.05) is 0 Å². The summed E-state index contributed by atoms with van der Waals surface area (Å²) in [6.07, 6.45) is 0.132. The lowest BCUT2D eigenvalue weighted by Crippen LogP contribution is -2.38. The van der Waals surface area contributed by atoms with E-state index in [2.05, 4.69) is 4.74 Å². The van der Waals surface area contributed by atoms with Crippen molar-refractivity contribution in [1.29, 1.82) is 0 Å². The van der Waals surface area contributed by atoms with Gasteiger partial charge in [0.05, 0.1) is 20.1 Å². The molecule has 0 aliphatic rings. The van der Waals surface area contributed by atoms with Crippen molar-refractivity contribution < 1.29 is 23.8 Å². The van der Waals surface area contributed by atoms with E-state index in [0.717, 1.165) is 0 Å². The minimum Gasteiger partial charge on any atom is -0.484 e. The number of hydrogen-bond donors (Lipinski definition) is 0. The highest BCUT2D eigenvalue weighted by Gasteiger charge is 2.15. The molecule has 1 aromatic carbocycles. The Hall–Kier alpha value is -1.79. The molecule has 22 heavy (non-hydrogen) atoms. The number of halogens is 1. The van der Waals surface area contributed by atoms with Gasteiger partial charge in [-0.05, 0) is 24.3 Å². The Bertz CT molecular complexity index is 477. The molecule has 0 saturated carbocycles. The van der Waals surface area contributed by atoms with Gasteiger partial charge >= 0.3 is 5.97 Å². The average molecular weight is 330 g/mol. The van der Waals surface area contributed by atoms with Gasteiger partial charge in [0.15, 0.2) is 6.61 Å². The molecule has 0 aliphatic carbocycles. The molecule has 0 aliphatic heterocycles. The van der Waals surface area contributed by atoms with E-state index in [9.17, 15) is 9.59 Å². The average Bonchev–Trinajstić information content (AvgIpc) is 2.53. The smallest absolute Gasteiger partial charge is 0.307 e. The number of ether oxygens (including phenoxy) is 3. The second-order valence-electron chi connectivity index (χ2n) is 4.44. The number of carbonyl (C=O) groups excluding carboxylic acids is 2. The number of esters is 1. The molecule has 0 fully saturated rings. The van der Waals surface area contributed by atoms with Gasteiger partial charge in [0, 0.05) is 25.2 Å². The lowest BCUT2D eigenvalue weighted by atomic mass is 10.3. The summed E-state index contributed by atoms with van der Waals surface area (Å²) in [7, 11) is 2.86. The summed E-state index contributed by atoms with van der Waals surface area (Å²) < 4.78 is 14.9. The number of methoxy groups -OCH3 is 2. The van der Waals surface area contributed by atoms with Crippen molar-refractivity contribution in [3.8, 4) is 5.75 Å². The zero-order valence-corrected chi connectivity index (χ0v) is 13.5. The minimum absolute atomic E-state index is 0.119. The standard InChI is InChI=1S/C15H20ClNO5/c1-20-10-9-17(8-7-15(19)21-2)14(18)11-22-13-5-3-12(16)4-6-13/h3-6H,7-11H2,1-2H3. The van der Waals surface area contributed by atoms with E-state index >= 15 is 0 Å². The van der Waals surface area contributed by atoms with Crippen molar-refractivity contribution >= 4 is 23.5 Å². The fourth-order valence-electron chi connectivity index (χ4n) is 1.66. The van der Waals surface area contributed by atoms with Gasteiger partial charge in [0.2, 0.25) is 0 Å². The molecule has 0 saturated heterocycles. The Morgan fingerprint density at radius 2 is 1.82 bits per heavy atom. The summed E-state index contributed by atoms with van der Waals surface area (Å²) >= 11 is 5.78. The second kappa shape index (κ2) is 10.0. The van der Waals surface area contributed by atoms with Gasteiger partial charge in [-0.25, -0.2) is 0 Å². The van der Waals surface area contributed by atoms with Crippen LogP contribution >= 0.6 is 11.6 Å². The number of hydrogen-bond acceptors (Lipinski definition) is 5. The molecule has 0 atom stereocenters. The number of nitrogens with zero attached hydrogens (tertiary/aromatic N) is 1. The van der Waals surface area contributed by atoms with Crippen molar-refractivity contribution in [2.45, 2.75) is 6.42 Å². The van der Waals surface area contributed by atoms with Gasteiger partial charge < -0.3 is 19.1 Å². The van der Waals surface area contributed by atoms with Gasteiger partial charge in [-0.3, -0.25) is 9.59 Å². The zero-order valence-electron chi connectivity index (χ0n) is 12.7. The predicted octanol–water partition coefficient (Wildman–Crippen LogP) is 1.76. The van der Waals surface area contributed by atoms with Crippen LogP contribution < -0.4 is 4.74 Å².